The topological polar surface area (TPSA) is 139 Å². The van der Waals surface area contributed by atoms with Crippen LogP contribution in [0.15, 0.2) is 28.9 Å². The minimum atomic E-state index is -0.657. The van der Waals surface area contributed by atoms with E-state index in [1.54, 1.807) is 18.3 Å². The number of nitrogens with zero attached hydrogens (tertiary/aromatic N) is 3. The molecule has 2 aromatic rings. The van der Waals surface area contributed by atoms with Crippen LogP contribution in [0, 0.1) is 0 Å². The molecule has 0 bridgehead atoms. The molecule has 1 aliphatic heterocycles. The van der Waals surface area contributed by atoms with Crippen molar-refractivity contribution in [3.05, 3.63) is 30.3 Å². The Morgan fingerprint density at radius 2 is 2.20 bits per heavy atom. The van der Waals surface area contributed by atoms with Gasteiger partial charge in [-0.1, -0.05) is 11.2 Å². The second-order valence-corrected chi connectivity index (χ2v) is 5.38. The number of amides is 4. The quantitative estimate of drug-likeness (QED) is 0.590. The Hall–Kier alpha value is -3.30. The Kier molecular flexibility index (Phi) is 4.97. The summed E-state index contributed by atoms with van der Waals surface area (Å²) in [4.78, 5) is 42.4. The lowest BCUT2D eigenvalue weighted by Gasteiger charge is -2.07. The highest BCUT2D eigenvalue weighted by atomic mass is 16.5. The van der Waals surface area contributed by atoms with E-state index in [1.165, 1.54) is 0 Å². The average Bonchev–Trinajstić information content (AvgIpc) is 3.20. The predicted octanol–water partition coefficient (Wildman–Crippen LogP) is -0.221. The summed E-state index contributed by atoms with van der Waals surface area (Å²) in [5, 5.41) is 11.1. The first-order valence-electron chi connectivity index (χ1n) is 7.74. The van der Waals surface area contributed by atoms with Crippen LogP contribution in [0.5, 0.6) is 0 Å². The number of aromatic nitrogens is 3. The summed E-state index contributed by atoms with van der Waals surface area (Å²) in [7, 11) is 0. The van der Waals surface area contributed by atoms with Crippen molar-refractivity contribution in [1.29, 1.82) is 0 Å². The van der Waals surface area contributed by atoms with E-state index < -0.39 is 18.0 Å². The Balaban J connectivity index is 1.39. The highest BCUT2D eigenvalue weighted by Crippen LogP contribution is 2.11. The standard InChI is InChI=1S/C15H16N6O4/c22-11(5-4-10-14(23)20-15(24)18-10)17-8-6-12-19-13(21-25-12)9-3-1-2-7-16-9/h1-3,7,10H,4-6,8H2,(H,17,22)(H2,18,20,23,24)/t10-/m1/s1. The van der Waals surface area contributed by atoms with Crippen molar-refractivity contribution in [3.63, 3.8) is 0 Å². The van der Waals surface area contributed by atoms with Crippen LogP contribution in [0.3, 0.4) is 0 Å². The number of carbonyl (C=O) groups excluding carboxylic acids is 3. The summed E-state index contributed by atoms with van der Waals surface area (Å²) < 4.78 is 5.12. The number of urea groups is 1. The van der Waals surface area contributed by atoms with Crippen LogP contribution in [0.1, 0.15) is 18.7 Å². The van der Waals surface area contributed by atoms with Gasteiger partial charge in [0.25, 0.3) is 5.91 Å². The minimum Gasteiger partial charge on any atom is -0.356 e. The highest BCUT2D eigenvalue weighted by molar-refractivity contribution is 6.04. The molecule has 4 amide bonds. The SMILES string of the molecule is O=C(CC[C@H]1NC(=O)NC1=O)NCCc1nc(-c2ccccn2)no1. The van der Waals surface area contributed by atoms with Crippen LogP contribution in [0.25, 0.3) is 11.5 Å². The second-order valence-electron chi connectivity index (χ2n) is 5.38. The van der Waals surface area contributed by atoms with E-state index in [4.69, 9.17) is 4.52 Å². The molecule has 1 fully saturated rings. The second kappa shape index (κ2) is 7.51. The monoisotopic (exact) mass is 344 g/mol. The first-order valence-corrected chi connectivity index (χ1v) is 7.74. The molecule has 0 unspecified atom stereocenters. The van der Waals surface area contributed by atoms with Crippen LogP contribution in [0.4, 0.5) is 4.79 Å². The van der Waals surface area contributed by atoms with E-state index in [0.29, 0.717) is 30.4 Å². The van der Waals surface area contributed by atoms with E-state index in [0.717, 1.165) is 0 Å². The van der Waals surface area contributed by atoms with Crippen molar-refractivity contribution in [1.82, 2.24) is 31.1 Å². The van der Waals surface area contributed by atoms with Crippen LogP contribution in [-0.2, 0) is 16.0 Å². The Morgan fingerprint density at radius 3 is 2.92 bits per heavy atom. The van der Waals surface area contributed by atoms with Gasteiger partial charge >= 0.3 is 6.03 Å². The Morgan fingerprint density at radius 1 is 1.32 bits per heavy atom. The maximum atomic E-state index is 11.8. The first-order chi connectivity index (χ1) is 12.1. The molecule has 130 valence electrons. The molecular weight excluding hydrogens is 328 g/mol. The molecule has 3 rings (SSSR count). The van der Waals surface area contributed by atoms with Crippen LogP contribution in [0.2, 0.25) is 0 Å². The number of nitrogens with one attached hydrogen (secondary N) is 3. The summed E-state index contributed by atoms with van der Waals surface area (Å²) >= 11 is 0. The molecule has 0 saturated carbocycles. The first kappa shape index (κ1) is 16.6. The van der Waals surface area contributed by atoms with E-state index in [-0.39, 0.29) is 18.7 Å². The number of carbonyl (C=O) groups is 3. The van der Waals surface area contributed by atoms with Gasteiger partial charge in [-0.05, 0) is 18.6 Å². The zero-order valence-corrected chi connectivity index (χ0v) is 13.2. The Labute approximate surface area is 142 Å². The molecule has 10 nitrogen and oxygen atoms in total. The molecule has 0 aliphatic carbocycles. The molecule has 0 radical (unpaired) electrons. The third-order valence-electron chi connectivity index (χ3n) is 3.54. The molecule has 0 spiro atoms. The van der Waals surface area contributed by atoms with Gasteiger partial charge < -0.3 is 15.2 Å². The fraction of sp³-hybridized carbons (Fsp3) is 0.333. The van der Waals surface area contributed by atoms with Gasteiger partial charge in [0.15, 0.2) is 0 Å². The molecule has 2 aromatic heterocycles. The maximum absolute atomic E-state index is 11.8. The molecule has 1 aliphatic rings. The fourth-order valence-corrected chi connectivity index (χ4v) is 2.29. The van der Waals surface area contributed by atoms with Gasteiger partial charge in [-0.25, -0.2) is 4.79 Å². The van der Waals surface area contributed by atoms with Crippen LogP contribution >= 0.6 is 0 Å². The molecule has 1 saturated heterocycles. The normalized spacial score (nSPS) is 16.4. The predicted molar refractivity (Wildman–Crippen MR) is 83.9 cm³/mol. The highest BCUT2D eigenvalue weighted by Gasteiger charge is 2.29. The zero-order valence-electron chi connectivity index (χ0n) is 13.2. The number of imide groups is 1. The molecule has 3 heterocycles. The van der Waals surface area contributed by atoms with E-state index in [2.05, 4.69) is 31.1 Å². The summed E-state index contributed by atoms with van der Waals surface area (Å²) in [6, 6.07) is 4.20. The number of rotatable bonds is 7. The van der Waals surface area contributed by atoms with Crippen molar-refractivity contribution in [2.45, 2.75) is 25.3 Å². The van der Waals surface area contributed by atoms with Gasteiger partial charge in [-0.3, -0.25) is 19.9 Å². The van der Waals surface area contributed by atoms with E-state index >= 15 is 0 Å². The lowest BCUT2D eigenvalue weighted by Crippen LogP contribution is -2.32. The van der Waals surface area contributed by atoms with E-state index in [1.807, 2.05) is 6.07 Å². The summed E-state index contributed by atoms with van der Waals surface area (Å²) in [6.07, 6.45) is 2.39. The molecule has 1 atom stereocenters. The average molecular weight is 344 g/mol. The molecular formula is C15H16N6O4. The lowest BCUT2D eigenvalue weighted by atomic mass is 10.1. The number of hydrogen-bond acceptors (Lipinski definition) is 7. The van der Waals surface area contributed by atoms with Gasteiger partial charge in [-0.2, -0.15) is 4.98 Å². The molecule has 10 heteroatoms. The smallest absolute Gasteiger partial charge is 0.322 e. The zero-order chi connectivity index (χ0) is 17.6. The van der Waals surface area contributed by atoms with Crippen molar-refractivity contribution < 1.29 is 18.9 Å². The minimum absolute atomic E-state index is 0.126. The fourth-order valence-electron chi connectivity index (χ4n) is 2.29. The van der Waals surface area contributed by atoms with E-state index in [9.17, 15) is 14.4 Å². The van der Waals surface area contributed by atoms with Crippen LogP contribution in [-0.4, -0.2) is 45.6 Å². The third kappa shape index (κ3) is 4.37. The summed E-state index contributed by atoms with van der Waals surface area (Å²) in [5.74, 6) is 0.150. The van der Waals surface area contributed by atoms with Gasteiger partial charge in [0.05, 0.1) is 0 Å². The van der Waals surface area contributed by atoms with Gasteiger partial charge in [0.2, 0.25) is 17.6 Å². The summed E-state index contributed by atoms with van der Waals surface area (Å²) in [6.45, 7) is 0.325. The maximum Gasteiger partial charge on any atom is 0.322 e. The molecule has 3 N–H and O–H groups in total. The third-order valence-corrected chi connectivity index (χ3v) is 3.54. The van der Waals surface area contributed by atoms with Crippen molar-refractivity contribution in [2.75, 3.05) is 6.54 Å². The molecule has 0 aromatic carbocycles. The Bertz CT molecular complexity index is 775. The van der Waals surface area contributed by atoms with Crippen molar-refractivity contribution in [3.8, 4) is 11.5 Å². The van der Waals surface area contributed by atoms with Crippen molar-refractivity contribution >= 4 is 17.8 Å². The lowest BCUT2D eigenvalue weighted by molar-refractivity contribution is -0.122. The van der Waals surface area contributed by atoms with Crippen molar-refractivity contribution in [2.24, 2.45) is 0 Å². The van der Waals surface area contributed by atoms with Gasteiger partial charge in [0.1, 0.15) is 11.7 Å². The van der Waals surface area contributed by atoms with Gasteiger partial charge in [0, 0.05) is 25.6 Å². The largest absolute Gasteiger partial charge is 0.356 e. The van der Waals surface area contributed by atoms with Crippen LogP contribution < -0.4 is 16.0 Å². The number of pyridine rings is 1. The number of hydrogen-bond donors (Lipinski definition) is 3. The van der Waals surface area contributed by atoms with Gasteiger partial charge in [-0.15, -0.1) is 0 Å². The summed E-state index contributed by atoms with van der Waals surface area (Å²) in [5.41, 5.74) is 0.610. The molecule has 25 heavy (non-hydrogen) atoms.